The predicted octanol–water partition coefficient (Wildman–Crippen LogP) is 2.83. The van der Waals surface area contributed by atoms with Gasteiger partial charge in [0.05, 0.1) is 17.2 Å². The van der Waals surface area contributed by atoms with Crippen LogP contribution in [0.5, 0.6) is 0 Å². The number of rotatable bonds is 4. The smallest absolute Gasteiger partial charge is 0.226 e. The van der Waals surface area contributed by atoms with E-state index in [-0.39, 0.29) is 0 Å². The van der Waals surface area contributed by atoms with Crippen LogP contribution in [-0.4, -0.2) is 53.2 Å². The van der Waals surface area contributed by atoms with Crippen molar-refractivity contribution in [3.05, 3.63) is 41.7 Å². The van der Waals surface area contributed by atoms with E-state index in [0.29, 0.717) is 17.0 Å². The third-order valence-corrected chi connectivity index (χ3v) is 4.63. The van der Waals surface area contributed by atoms with Gasteiger partial charge in [-0.05, 0) is 30.7 Å². The summed E-state index contributed by atoms with van der Waals surface area (Å²) in [5.41, 5.74) is 1.67. The Hall–Kier alpha value is -2.67. The van der Waals surface area contributed by atoms with E-state index in [0.717, 1.165) is 42.2 Å². The molecule has 7 nitrogen and oxygen atoms in total. The van der Waals surface area contributed by atoms with E-state index < -0.39 is 0 Å². The topological polar surface area (TPSA) is 70.1 Å². The maximum absolute atomic E-state index is 6.01. The number of fused-ring (bicyclic) bond motifs is 1. The molecule has 1 unspecified atom stereocenters. The molecule has 3 heterocycles. The van der Waals surface area contributed by atoms with E-state index in [2.05, 4.69) is 25.2 Å². The first-order chi connectivity index (χ1) is 12.6. The molecule has 4 rings (SSSR count). The van der Waals surface area contributed by atoms with Crippen molar-refractivity contribution >= 4 is 40.2 Å². The average Bonchev–Trinajstić information content (AvgIpc) is 3.10. The molecule has 1 aliphatic heterocycles. The zero-order valence-electron chi connectivity index (χ0n) is 14.7. The van der Waals surface area contributed by atoms with Crippen LogP contribution in [0.3, 0.4) is 0 Å². The monoisotopic (exact) mass is 369 g/mol. The molecular weight excluding hydrogens is 350 g/mol. The van der Waals surface area contributed by atoms with Gasteiger partial charge in [-0.2, -0.15) is 4.98 Å². The van der Waals surface area contributed by atoms with Crippen LogP contribution in [0.4, 0.5) is 17.6 Å². The lowest BCUT2D eigenvalue weighted by Gasteiger charge is -2.18. The summed E-state index contributed by atoms with van der Waals surface area (Å²) < 4.78 is 0. The number of nitrogens with zero attached hydrogens (tertiary/aromatic N) is 6. The van der Waals surface area contributed by atoms with Crippen LogP contribution in [0.25, 0.3) is 11.0 Å². The lowest BCUT2D eigenvalue weighted by atomic mass is 10.2. The minimum absolute atomic E-state index is 0.308. The Morgan fingerprint density at radius 1 is 1.15 bits per heavy atom. The van der Waals surface area contributed by atoms with Gasteiger partial charge in [-0.1, -0.05) is 11.6 Å². The van der Waals surface area contributed by atoms with Gasteiger partial charge in [0.1, 0.15) is 11.6 Å². The Balaban J connectivity index is 1.46. The van der Waals surface area contributed by atoms with E-state index in [1.54, 1.807) is 6.20 Å². The van der Waals surface area contributed by atoms with Gasteiger partial charge in [0, 0.05) is 44.4 Å². The lowest BCUT2D eigenvalue weighted by Crippen LogP contribution is -2.27. The SMILES string of the molecule is CN(C)c1nccc(NC2CCN(c3cnc4cc(Cl)ccc4n3)C2)n1. The first-order valence-corrected chi connectivity index (χ1v) is 8.90. The molecule has 3 aromatic rings. The fraction of sp³-hybridized carbons (Fsp3) is 0.333. The molecule has 0 bridgehead atoms. The van der Waals surface area contributed by atoms with Crippen molar-refractivity contribution in [2.45, 2.75) is 12.5 Å². The first-order valence-electron chi connectivity index (χ1n) is 8.53. The maximum atomic E-state index is 6.01. The van der Waals surface area contributed by atoms with E-state index in [9.17, 15) is 0 Å². The van der Waals surface area contributed by atoms with Crippen LogP contribution in [0.2, 0.25) is 5.02 Å². The largest absolute Gasteiger partial charge is 0.365 e. The zero-order valence-corrected chi connectivity index (χ0v) is 15.5. The number of aromatic nitrogens is 4. The molecule has 1 fully saturated rings. The number of hydrogen-bond acceptors (Lipinski definition) is 7. The fourth-order valence-electron chi connectivity index (χ4n) is 3.07. The van der Waals surface area contributed by atoms with Gasteiger partial charge in [-0.3, -0.25) is 4.98 Å². The Kier molecular flexibility index (Phi) is 4.46. The average molecular weight is 370 g/mol. The summed E-state index contributed by atoms with van der Waals surface area (Å²) in [6, 6.07) is 7.79. The van der Waals surface area contributed by atoms with E-state index >= 15 is 0 Å². The number of halogens is 1. The summed E-state index contributed by atoms with van der Waals surface area (Å²) in [6.45, 7) is 1.78. The maximum Gasteiger partial charge on any atom is 0.226 e. The highest BCUT2D eigenvalue weighted by molar-refractivity contribution is 6.31. The third-order valence-electron chi connectivity index (χ3n) is 4.40. The van der Waals surface area contributed by atoms with Crippen molar-refractivity contribution in [2.24, 2.45) is 0 Å². The molecule has 0 spiro atoms. The highest BCUT2D eigenvalue weighted by atomic mass is 35.5. The molecule has 1 saturated heterocycles. The summed E-state index contributed by atoms with van der Waals surface area (Å²) in [7, 11) is 3.87. The van der Waals surface area contributed by atoms with Crippen LogP contribution in [0.1, 0.15) is 6.42 Å². The van der Waals surface area contributed by atoms with Crippen LogP contribution < -0.4 is 15.1 Å². The van der Waals surface area contributed by atoms with Gasteiger partial charge < -0.3 is 15.1 Å². The predicted molar refractivity (Wildman–Crippen MR) is 105 cm³/mol. The minimum Gasteiger partial charge on any atom is -0.365 e. The Bertz CT molecular complexity index is 930. The normalized spacial score (nSPS) is 16.9. The van der Waals surface area contributed by atoms with Gasteiger partial charge in [-0.15, -0.1) is 0 Å². The zero-order chi connectivity index (χ0) is 18.1. The van der Waals surface area contributed by atoms with E-state index in [1.807, 2.05) is 49.5 Å². The second-order valence-electron chi connectivity index (χ2n) is 6.57. The second kappa shape index (κ2) is 6.92. The molecule has 0 saturated carbocycles. The standard InChI is InChI=1S/C18H20ClN7/c1-25(2)18-20-7-5-16(24-18)22-13-6-8-26(11-13)17-10-21-15-9-12(19)3-4-14(15)23-17/h3-5,7,9-10,13H,6,8,11H2,1-2H3,(H,20,22,24). The molecule has 1 aliphatic rings. The van der Waals surface area contributed by atoms with Crippen molar-refractivity contribution < 1.29 is 0 Å². The Morgan fingerprint density at radius 3 is 2.88 bits per heavy atom. The molecule has 2 aromatic heterocycles. The quantitative estimate of drug-likeness (QED) is 0.758. The number of hydrogen-bond donors (Lipinski definition) is 1. The van der Waals surface area contributed by atoms with Crippen molar-refractivity contribution in [3.63, 3.8) is 0 Å². The molecule has 1 aromatic carbocycles. The number of benzene rings is 1. The summed E-state index contributed by atoms with van der Waals surface area (Å²) in [5.74, 6) is 2.43. The summed E-state index contributed by atoms with van der Waals surface area (Å²) >= 11 is 6.01. The Morgan fingerprint density at radius 2 is 2.04 bits per heavy atom. The summed E-state index contributed by atoms with van der Waals surface area (Å²) in [6.07, 6.45) is 4.61. The molecular formula is C18H20ClN7. The summed E-state index contributed by atoms with van der Waals surface area (Å²) in [4.78, 5) is 22.1. The van der Waals surface area contributed by atoms with E-state index in [4.69, 9.17) is 16.6 Å². The van der Waals surface area contributed by atoms with Crippen molar-refractivity contribution in [3.8, 4) is 0 Å². The van der Waals surface area contributed by atoms with Gasteiger partial charge in [-0.25, -0.2) is 9.97 Å². The van der Waals surface area contributed by atoms with Crippen molar-refractivity contribution in [2.75, 3.05) is 42.3 Å². The highest BCUT2D eigenvalue weighted by Crippen LogP contribution is 2.23. The Labute approximate surface area is 157 Å². The lowest BCUT2D eigenvalue weighted by molar-refractivity contribution is 0.797. The second-order valence-corrected chi connectivity index (χ2v) is 7.01. The minimum atomic E-state index is 0.308. The van der Waals surface area contributed by atoms with Crippen LogP contribution in [-0.2, 0) is 0 Å². The molecule has 1 N–H and O–H groups in total. The number of anilines is 3. The van der Waals surface area contributed by atoms with Gasteiger partial charge in [0.25, 0.3) is 0 Å². The molecule has 0 amide bonds. The van der Waals surface area contributed by atoms with E-state index in [1.165, 1.54) is 0 Å². The van der Waals surface area contributed by atoms with Crippen LogP contribution in [0, 0.1) is 0 Å². The molecule has 0 aliphatic carbocycles. The molecule has 26 heavy (non-hydrogen) atoms. The van der Waals surface area contributed by atoms with Gasteiger partial charge in [0.2, 0.25) is 5.95 Å². The molecule has 134 valence electrons. The van der Waals surface area contributed by atoms with Crippen LogP contribution in [0.15, 0.2) is 36.7 Å². The number of nitrogens with one attached hydrogen (secondary N) is 1. The highest BCUT2D eigenvalue weighted by Gasteiger charge is 2.24. The third kappa shape index (κ3) is 3.48. The van der Waals surface area contributed by atoms with Crippen molar-refractivity contribution in [1.29, 1.82) is 0 Å². The van der Waals surface area contributed by atoms with Gasteiger partial charge >= 0.3 is 0 Å². The molecule has 8 heteroatoms. The molecule has 1 atom stereocenters. The first kappa shape index (κ1) is 16.8. The van der Waals surface area contributed by atoms with Crippen LogP contribution >= 0.6 is 11.6 Å². The van der Waals surface area contributed by atoms with Gasteiger partial charge in [0.15, 0.2) is 0 Å². The fourth-order valence-corrected chi connectivity index (χ4v) is 3.23. The molecule has 0 radical (unpaired) electrons. The summed E-state index contributed by atoms with van der Waals surface area (Å²) in [5, 5.41) is 4.17. The van der Waals surface area contributed by atoms with Crippen molar-refractivity contribution in [1.82, 2.24) is 19.9 Å².